The molecular weight excluding hydrogens is 378 g/mol. The zero-order valence-corrected chi connectivity index (χ0v) is 16.3. The first-order chi connectivity index (χ1) is 13.9. The summed E-state index contributed by atoms with van der Waals surface area (Å²) in [4.78, 5) is 15.3. The van der Waals surface area contributed by atoms with Crippen LogP contribution in [0.25, 0.3) is 5.69 Å². The second-order valence-corrected chi connectivity index (χ2v) is 8.72. The van der Waals surface area contributed by atoms with E-state index in [1.807, 2.05) is 7.05 Å². The average molecular weight is 402 g/mol. The van der Waals surface area contributed by atoms with Crippen LogP contribution in [0.4, 0.5) is 8.78 Å². The van der Waals surface area contributed by atoms with E-state index in [0.29, 0.717) is 24.5 Å². The van der Waals surface area contributed by atoms with E-state index in [2.05, 4.69) is 15.3 Å². The van der Waals surface area contributed by atoms with Gasteiger partial charge in [0.15, 0.2) is 11.5 Å². The summed E-state index contributed by atoms with van der Waals surface area (Å²) in [5.74, 6) is -0.932. The van der Waals surface area contributed by atoms with Gasteiger partial charge in [0.05, 0.1) is 17.8 Å². The van der Waals surface area contributed by atoms with Gasteiger partial charge < -0.3 is 15.3 Å². The van der Waals surface area contributed by atoms with Crippen molar-refractivity contribution in [2.24, 2.45) is 5.92 Å². The van der Waals surface area contributed by atoms with Crippen LogP contribution < -0.4 is 5.32 Å². The van der Waals surface area contributed by atoms with Crippen LogP contribution in [0, 0.1) is 17.6 Å². The first-order valence-corrected chi connectivity index (χ1v) is 10.1. The van der Waals surface area contributed by atoms with Crippen LogP contribution in [0.2, 0.25) is 0 Å². The summed E-state index contributed by atoms with van der Waals surface area (Å²) >= 11 is 0. The average Bonchev–Trinajstić information content (AvgIpc) is 3.20. The van der Waals surface area contributed by atoms with Crippen molar-refractivity contribution in [3.63, 3.8) is 0 Å². The zero-order valence-electron chi connectivity index (χ0n) is 16.3. The Hall–Kier alpha value is -2.32. The molecule has 1 aliphatic heterocycles. The van der Waals surface area contributed by atoms with Gasteiger partial charge >= 0.3 is 0 Å². The molecule has 0 radical (unpaired) electrons. The van der Waals surface area contributed by atoms with E-state index < -0.39 is 17.2 Å². The fourth-order valence-corrected chi connectivity index (χ4v) is 4.80. The fraction of sp³-hybridized carbons (Fsp3) is 0.524. The Kier molecular flexibility index (Phi) is 4.25. The van der Waals surface area contributed by atoms with Gasteiger partial charge in [-0.15, -0.1) is 0 Å². The number of hydrogen-bond donors (Lipinski definition) is 2. The lowest BCUT2D eigenvalue weighted by molar-refractivity contribution is 0.0658. The predicted molar refractivity (Wildman–Crippen MR) is 102 cm³/mol. The molecule has 3 aliphatic rings. The van der Waals surface area contributed by atoms with Gasteiger partial charge in [0, 0.05) is 30.6 Å². The number of likely N-dealkylation sites (tertiary alicyclic amines) is 1. The van der Waals surface area contributed by atoms with E-state index in [1.165, 1.54) is 16.8 Å². The second kappa shape index (κ2) is 6.60. The molecule has 1 amide bonds. The summed E-state index contributed by atoms with van der Waals surface area (Å²) in [6.07, 6.45) is 3.08. The Morgan fingerprint density at radius 1 is 1.34 bits per heavy atom. The van der Waals surface area contributed by atoms with E-state index >= 15 is 0 Å². The number of halogens is 2. The lowest BCUT2D eigenvalue weighted by Crippen LogP contribution is -2.57. The molecule has 2 aliphatic carbocycles. The third-order valence-electron chi connectivity index (χ3n) is 6.74. The fourth-order valence-electron chi connectivity index (χ4n) is 4.80. The first-order valence-electron chi connectivity index (χ1n) is 10.1. The Balaban J connectivity index is 1.50. The van der Waals surface area contributed by atoms with Crippen molar-refractivity contribution < 1.29 is 18.7 Å². The SMILES string of the molecule is CN1CCC(CO)(NC(=O)c2nn(-c3ccc(F)cc3F)c3c2C[C@H]2C[C@@H]32)CC1. The molecule has 2 heterocycles. The Labute approximate surface area is 167 Å². The van der Waals surface area contributed by atoms with Crippen LogP contribution in [-0.4, -0.2) is 58.0 Å². The van der Waals surface area contributed by atoms with E-state index in [9.17, 15) is 18.7 Å². The quantitative estimate of drug-likeness (QED) is 0.821. The number of fused-ring (bicyclic) bond motifs is 3. The number of benzene rings is 1. The molecule has 5 rings (SSSR count). The number of nitrogens with one attached hydrogen (secondary N) is 1. The van der Waals surface area contributed by atoms with E-state index in [4.69, 9.17) is 0 Å². The minimum atomic E-state index is -0.700. The minimum Gasteiger partial charge on any atom is -0.394 e. The van der Waals surface area contributed by atoms with Crippen molar-refractivity contribution in [1.82, 2.24) is 20.0 Å². The monoisotopic (exact) mass is 402 g/mol. The normalized spacial score (nSPS) is 24.8. The molecule has 0 unspecified atom stereocenters. The van der Waals surface area contributed by atoms with Crippen LogP contribution in [0.1, 0.15) is 46.9 Å². The molecule has 154 valence electrons. The largest absolute Gasteiger partial charge is 0.394 e. The Morgan fingerprint density at radius 2 is 2.10 bits per heavy atom. The smallest absolute Gasteiger partial charge is 0.272 e. The molecule has 29 heavy (non-hydrogen) atoms. The number of piperidine rings is 1. The van der Waals surface area contributed by atoms with Crippen molar-refractivity contribution in [1.29, 1.82) is 0 Å². The van der Waals surface area contributed by atoms with Gasteiger partial charge in [0.2, 0.25) is 0 Å². The highest BCUT2D eigenvalue weighted by Gasteiger charge is 2.50. The molecule has 0 spiro atoms. The van der Waals surface area contributed by atoms with Gasteiger partial charge in [-0.1, -0.05) is 0 Å². The van der Waals surface area contributed by atoms with Crippen LogP contribution in [0.15, 0.2) is 18.2 Å². The number of aliphatic hydroxyl groups is 1. The maximum absolute atomic E-state index is 14.4. The maximum Gasteiger partial charge on any atom is 0.272 e. The molecule has 2 atom stereocenters. The standard InChI is InChI=1S/C21H24F2N4O2/c1-26-6-4-21(11-28,5-7-26)24-20(29)18-15-9-12-8-14(12)19(15)27(25-18)17-3-2-13(22)10-16(17)23/h2-3,10,12,14,28H,4-9,11H2,1H3,(H,24,29)/t12-,14-/m1/s1. The molecular formula is C21H24F2N4O2. The molecule has 6 nitrogen and oxygen atoms in total. The summed E-state index contributed by atoms with van der Waals surface area (Å²) < 4.78 is 29.3. The van der Waals surface area contributed by atoms with Crippen LogP contribution >= 0.6 is 0 Å². The van der Waals surface area contributed by atoms with Crippen molar-refractivity contribution in [3.8, 4) is 5.69 Å². The summed E-state index contributed by atoms with van der Waals surface area (Å²) in [6.45, 7) is 1.45. The van der Waals surface area contributed by atoms with Crippen molar-refractivity contribution in [2.75, 3.05) is 26.7 Å². The number of aromatic nitrogens is 2. The molecule has 2 fully saturated rings. The predicted octanol–water partition coefficient (Wildman–Crippen LogP) is 2.00. The molecule has 0 bridgehead atoms. The number of carbonyl (C=O) groups excluding carboxylic acids is 1. The highest BCUT2D eigenvalue weighted by molar-refractivity contribution is 5.95. The molecule has 1 saturated carbocycles. The first kappa shape index (κ1) is 18.7. The van der Waals surface area contributed by atoms with E-state index in [-0.39, 0.29) is 24.1 Å². The van der Waals surface area contributed by atoms with Crippen LogP contribution in [0.5, 0.6) is 0 Å². The summed E-state index contributed by atoms with van der Waals surface area (Å²) in [6, 6.07) is 3.40. The van der Waals surface area contributed by atoms with Gasteiger partial charge in [0.1, 0.15) is 11.5 Å². The van der Waals surface area contributed by atoms with Crippen molar-refractivity contribution in [2.45, 2.75) is 37.1 Å². The van der Waals surface area contributed by atoms with Gasteiger partial charge in [-0.05, 0) is 50.8 Å². The highest BCUT2D eigenvalue weighted by Crippen LogP contribution is 2.57. The topological polar surface area (TPSA) is 70.4 Å². The van der Waals surface area contributed by atoms with Gasteiger partial charge in [-0.25, -0.2) is 13.5 Å². The number of hydrogen-bond acceptors (Lipinski definition) is 4. The van der Waals surface area contributed by atoms with Crippen LogP contribution in [0.3, 0.4) is 0 Å². The van der Waals surface area contributed by atoms with Gasteiger partial charge in [-0.3, -0.25) is 4.79 Å². The third-order valence-corrected chi connectivity index (χ3v) is 6.74. The lowest BCUT2D eigenvalue weighted by Gasteiger charge is -2.39. The second-order valence-electron chi connectivity index (χ2n) is 8.72. The molecule has 2 N–H and O–H groups in total. The molecule has 1 aromatic heterocycles. The third kappa shape index (κ3) is 3.05. The Bertz CT molecular complexity index is 981. The summed E-state index contributed by atoms with van der Waals surface area (Å²) in [5.41, 5.74) is 1.51. The lowest BCUT2D eigenvalue weighted by atomic mass is 9.88. The number of carbonyl (C=O) groups is 1. The number of aliphatic hydroxyl groups excluding tert-OH is 1. The van der Waals surface area contributed by atoms with Crippen molar-refractivity contribution in [3.05, 3.63) is 46.8 Å². The molecule has 8 heteroatoms. The van der Waals surface area contributed by atoms with E-state index in [0.717, 1.165) is 43.3 Å². The highest BCUT2D eigenvalue weighted by atomic mass is 19.1. The zero-order chi connectivity index (χ0) is 20.3. The van der Waals surface area contributed by atoms with Gasteiger partial charge in [0.25, 0.3) is 5.91 Å². The maximum atomic E-state index is 14.4. The molecule has 2 aromatic rings. The molecule has 1 saturated heterocycles. The number of nitrogens with zero attached hydrogens (tertiary/aromatic N) is 3. The summed E-state index contributed by atoms with van der Waals surface area (Å²) in [7, 11) is 2.02. The number of amides is 1. The van der Waals surface area contributed by atoms with Crippen molar-refractivity contribution >= 4 is 5.91 Å². The Morgan fingerprint density at radius 3 is 2.79 bits per heavy atom. The van der Waals surface area contributed by atoms with Crippen LogP contribution in [-0.2, 0) is 6.42 Å². The number of rotatable bonds is 4. The minimum absolute atomic E-state index is 0.132. The van der Waals surface area contributed by atoms with Gasteiger partial charge in [-0.2, -0.15) is 5.10 Å². The van der Waals surface area contributed by atoms with E-state index in [1.54, 1.807) is 0 Å². The molecule has 1 aromatic carbocycles. The summed E-state index contributed by atoms with van der Waals surface area (Å²) in [5, 5.41) is 17.5.